The number of ether oxygens (including phenoxy) is 1. The van der Waals surface area contributed by atoms with Crippen LogP contribution in [0, 0.1) is 11.2 Å². The molecule has 1 unspecified atom stereocenters. The number of nitrogens with zero attached hydrogens (tertiary/aromatic N) is 5. The molecule has 5 rings (SSSR count). The molecule has 2 aromatic rings. The number of rotatable bonds is 6. The van der Waals surface area contributed by atoms with E-state index in [0.717, 1.165) is 37.7 Å². The molecule has 0 aromatic carbocycles. The summed E-state index contributed by atoms with van der Waals surface area (Å²) in [6.07, 6.45) is 5.66. The maximum atomic E-state index is 15.1. The lowest BCUT2D eigenvalue weighted by molar-refractivity contribution is 0.0973. The van der Waals surface area contributed by atoms with Crippen molar-refractivity contribution in [3.8, 4) is 0 Å². The van der Waals surface area contributed by atoms with Crippen molar-refractivity contribution in [1.82, 2.24) is 15.0 Å². The summed E-state index contributed by atoms with van der Waals surface area (Å²) in [5.74, 6) is 0.314. The van der Waals surface area contributed by atoms with Crippen LogP contribution < -0.4 is 15.5 Å². The summed E-state index contributed by atoms with van der Waals surface area (Å²) >= 11 is 1.12. The monoisotopic (exact) mass is 492 g/mol. The molecule has 184 valence electrons. The Bertz CT molecular complexity index is 1040. The van der Waals surface area contributed by atoms with Crippen LogP contribution in [0.25, 0.3) is 0 Å². The van der Waals surface area contributed by atoms with Crippen LogP contribution in [-0.4, -0.2) is 71.2 Å². The molecule has 8 nitrogen and oxygen atoms in total. The molecular formula is C23H30F2N6O2S. The molecule has 0 aliphatic carbocycles. The van der Waals surface area contributed by atoms with Crippen LogP contribution in [0.1, 0.15) is 31.9 Å². The number of nitrogens with two attached hydrogens (primary N) is 1. The first kappa shape index (κ1) is 23.7. The summed E-state index contributed by atoms with van der Waals surface area (Å²) < 4.78 is 34.0. The van der Waals surface area contributed by atoms with E-state index < -0.39 is 12.5 Å². The van der Waals surface area contributed by atoms with E-state index in [-0.39, 0.29) is 36.0 Å². The van der Waals surface area contributed by atoms with E-state index in [1.807, 2.05) is 6.92 Å². The predicted molar refractivity (Wildman–Crippen MR) is 125 cm³/mol. The molecule has 3 fully saturated rings. The van der Waals surface area contributed by atoms with Crippen LogP contribution in [0.2, 0.25) is 0 Å². The van der Waals surface area contributed by atoms with Gasteiger partial charge in [-0.3, -0.25) is 0 Å². The van der Waals surface area contributed by atoms with Crippen molar-refractivity contribution in [2.24, 2.45) is 11.1 Å². The predicted octanol–water partition coefficient (Wildman–Crippen LogP) is 2.54. The van der Waals surface area contributed by atoms with E-state index in [9.17, 15) is 9.50 Å². The fourth-order valence-corrected chi connectivity index (χ4v) is 5.94. The Kier molecular flexibility index (Phi) is 6.62. The van der Waals surface area contributed by atoms with Crippen molar-refractivity contribution in [3.05, 3.63) is 30.0 Å². The third-order valence-corrected chi connectivity index (χ3v) is 8.44. The summed E-state index contributed by atoms with van der Waals surface area (Å²) in [6.45, 7) is 4.00. The molecular weight excluding hydrogens is 462 g/mol. The van der Waals surface area contributed by atoms with E-state index >= 15 is 4.39 Å². The summed E-state index contributed by atoms with van der Waals surface area (Å²) in [5, 5.41) is 10.5. The van der Waals surface area contributed by atoms with Gasteiger partial charge in [0.15, 0.2) is 17.5 Å². The molecule has 0 amide bonds. The van der Waals surface area contributed by atoms with Gasteiger partial charge in [-0.15, -0.1) is 0 Å². The van der Waals surface area contributed by atoms with Crippen molar-refractivity contribution >= 4 is 23.4 Å². The van der Waals surface area contributed by atoms with E-state index in [1.165, 1.54) is 6.20 Å². The van der Waals surface area contributed by atoms with Crippen molar-refractivity contribution in [2.45, 2.75) is 60.9 Å². The summed E-state index contributed by atoms with van der Waals surface area (Å²) in [7, 11) is 0. The standard InChI is InChI=1S/C23H30F2N6O2S/c1-14-20(26)23(13-33-14)4-8-30(9-5-23)21-16(12-32)29-18(11-28-21)34-17-2-6-27-22(19(17)25)31-7-3-15(31)10-24/h2,6,11,14-15,20,32H,3-5,7-10,12-13,26H2,1H3/t14-,15?,20+/m0/s1. The average Bonchev–Trinajstić information content (AvgIpc) is 3.10. The van der Waals surface area contributed by atoms with Crippen LogP contribution in [0.15, 0.2) is 28.4 Å². The molecule has 11 heteroatoms. The highest BCUT2D eigenvalue weighted by Crippen LogP contribution is 2.42. The van der Waals surface area contributed by atoms with Crippen molar-refractivity contribution in [1.29, 1.82) is 0 Å². The Morgan fingerprint density at radius 2 is 2.06 bits per heavy atom. The zero-order valence-electron chi connectivity index (χ0n) is 19.2. The Morgan fingerprint density at radius 1 is 1.26 bits per heavy atom. The Hall–Kier alpha value is -2.08. The summed E-state index contributed by atoms with van der Waals surface area (Å²) in [5.41, 5.74) is 6.87. The van der Waals surface area contributed by atoms with Crippen molar-refractivity contribution < 1.29 is 18.6 Å². The number of alkyl halides is 1. The molecule has 2 aromatic heterocycles. The number of halogens is 2. The van der Waals surface area contributed by atoms with Gasteiger partial charge in [0, 0.05) is 37.3 Å². The van der Waals surface area contributed by atoms with Gasteiger partial charge in [-0.1, -0.05) is 11.8 Å². The maximum absolute atomic E-state index is 15.1. The second-order valence-corrected chi connectivity index (χ2v) is 10.4. The Labute approximate surface area is 201 Å². The molecule has 3 aliphatic heterocycles. The Balaban J connectivity index is 1.31. The van der Waals surface area contributed by atoms with Gasteiger partial charge in [0.1, 0.15) is 17.4 Å². The van der Waals surface area contributed by atoms with E-state index in [4.69, 9.17) is 10.5 Å². The third-order valence-electron chi connectivity index (χ3n) is 7.50. The van der Waals surface area contributed by atoms with Crippen LogP contribution in [0.5, 0.6) is 0 Å². The smallest absolute Gasteiger partial charge is 0.179 e. The van der Waals surface area contributed by atoms with Crippen LogP contribution in [0.4, 0.5) is 20.4 Å². The van der Waals surface area contributed by atoms with Crippen molar-refractivity contribution in [3.63, 3.8) is 0 Å². The number of anilines is 2. The van der Waals surface area contributed by atoms with Crippen LogP contribution in [-0.2, 0) is 11.3 Å². The molecule has 0 saturated carbocycles. The highest BCUT2D eigenvalue weighted by molar-refractivity contribution is 7.99. The van der Waals surface area contributed by atoms with E-state index in [2.05, 4.69) is 19.9 Å². The minimum atomic E-state index is -0.527. The minimum absolute atomic E-state index is 0.00723. The van der Waals surface area contributed by atoms with Gasteiger partial charge in [-0.05, 0) is 32.3 Å². The topological polar surface area (TPSA) is 101 Å². The maximum Gasteiger partial charge on any atom is 0.179 e. The highest BCUT2D eigenvalue weighted by Gasteiger charge is 2.47. The van der Waals surface area contributed by atoms with Gasteiger partial charge in [0.25, 0.3) is 0 Å². The average molecular weight is 493 g/mol. The Morgan fingerprint density at radius 3 is 2.68 bits per heavy atom. The SMILES string of the molecule is C[C@@H]1OCC2(CCN(c3ncc(Sc4ccnc(N5CCC5CF)c4F)nc3CO)CC2)[C@@H]1N. The van der Waals surface area contributed by atoms with Crippen LogP contribution in [0.3, 0.4) is 0 Å². The first-order valence-corrected chi connectivity index (χ1v) is 12.5. The lowest BCUT2D eigenvalue weighted by atomic mass is 9.73. The molecule has 3 atom stereocenters. The lowest BCUT2D eigenvalue weighted by Gasteiger charge is -2.41. The van der Waals surface area contributed by atoms with Crippen LogP contribution >= 0.6 is 11.8 Å². The number of hydrogen-bond acceptors (Lipinski definition) is 9. The van der Waals surface area contributed by atoms with Crippen molar-refractivity contribution in [2.75, 3.05) is 42.7 Å². The number of aromatic nitrogens is 3. The lowest BCUT2D eigenvalue weighted by Crippen LogP contribution is -2.51. The number of aliphatic hydroxyl groups is 1. The van der Waals surface area contributed by atoms with E-state index in [1.54, 1.807) is 17.2 Å². The number of aliphatic hydroxyl groups excluding tert-OH is 1. The van der Waals surface area contributed by atoms with E-state index in [0.29, 0.717) is 41.0 Å². The van der Waals surface area contributed by atoms with Gasteiger partial charge in [0.2, 0.25) is 0 Å². The van der Waals surface area contributed by atoms with Gasteiger partial charge >= 0.3 is 0 Å². The van der Waals surface area contributed by atoms with Gasteiger partial charge in [-0.25, -0.2) is 23.7 Å². The molecule has 0 radical (unpaired) electrons. The molecule has 3 aliphatic rings. The number of hydrogen-bond donors (Lipinski definition) is 2. The van der Waals surface area contributed by atoms with Gasteiger partial charge < -0.3 is 25.4 Å². The zero-order valence-corrected chi connectivity index (χ0v) is 20.0. The molecule has 34 heavy (non-hydrogen) atoms. The number of pyridine rings is 1. The first-order valence-electron chi connectivity index (χ1n) is 11.7. The quantitative estimate of drug-likeness (QED) is 0.630. The third kappa shape index (κ3) is 4.12. The van der Waals surface area contributed by atoms with Gasteiger partial charge in [-0.2, -0.15) is 0 Å². The second-order valence-electron chi connectivity index (χ2n) is 9.37. The fourth-order valence-electron chi connectivity index (χ4n) is 5.15. The molecule has 0 bridgehead atoms. The highest BCUT2D eigenvalue weighted by atomic mass is 32.2. The molecule has 3 saturated heterocycles. The largest absolute Gasteiger partial charge is 0.390 e. The zero-order chi connectivity index (χ0) is 23.9. The molecule has 1 spiro atoms. The molecule has 5 heterocycles. The van der Waals surface area contributed by atoms with Gasteiger partial charge in [0.05, 0.1) is 36.5 Å². The fraction of sp³-hybridized carbons (Fsp3) is 0.609. The molecule has 3 N–H and O–H groups in total. The second kappa shape index (κ2) is 9.52. The summed E-state index contributed by atoms with van der Waals surface area (Å²) in [6, 6.07) is 1.27. The number of piperidine rings is 1. The first-order chi connectivity index (χ1) is 16.5. The minimum Gasteiger partial charge on any atom is -0.390 e. The summed E-state index contributed by atoms with van der Waals surface area (Å²) in [4.78, 5) is 17.4. The normalized spacial score (nSPS) is 26.2.